The number of nitrogens with zero attached hydrogens (tertiary/aromatic N) is 3. The number of ether oxygens (including phenoxy) is 2. The van der Waals surface area contributed by atoms with E-state index < -0.39 is 11.9 Å². The van der Waals surface area contributed by atoms with Crippen LogP contribution in [0.2, 0.25) is 0 Å². The predicted molar refractivity (Wildman–Crippen MR) is 121 cm³/mol. The fraction of sp³-hybridized carbons (Fsp3) is 0.375. The van der Waals surface area contributed by atoms with E-state index in [0.717, 1.165) is 30.3 Å². The van der Waals surface area contributed by atoms with Gasteiger partial charge < -0.3 is 19.7 Å². The van der Waals surface area contributed by atoms with E-state index in [-0.39, 0.29) is 12.5 Å². The van der Waals surface area contributed by atoms with Crippen LogP contribution >= 0.6 is 0 Å². The fourth-order valence-corrected chi connectivity index (χ4v) is 3.30. The maximum atomic E-state index is 13.4. The quantitative estimate of drug-likeness (QED) is 0.434. The second kappa shape index (κ2) is 11.2. The van der Waals surface area contributed by atoms with Crippen LogP contribution in [0.4, 0.5) is 13.2 Å². The van der Waals surface area contributed by atoms with Crippen molar-refractivity contribution >= 4 is 0 Å². The van der Waals surface area contributed by atoms with E-state index >= 15 is 0 Å². The average Bonchev–Trinajstić information content (AvgIpc) is 3.22. The van der Waals surface area contributed by atoms with E-state index in [2.05, 4.69) is 15.3 Å². The third kappa shape index (κ3) is 6.97. The van der Waals surface area contributed by atoms with Crippen LogP contribution in [0.25, 0.3) is 5.69 Å². The molecule has 0 aliphatic rings. The highest BCUT2D eigenvalue weighted by molar-refractivity contribution is 5.39. The molecule has 178 valence electrons. The van der Waals surface area contributed by atoms with E-state index in [4.69, 9.17) is 9.47 Å². The summed E-state index contributed by atoms with van der Waals surface area (Å²) in [5, 5.41) is 7.11. The summed E-state index contributed by atoms with van der Waals surface area (Å²) < 4.78 is 52.4. The highest BCUT2D eigenvalue weighted by Crippen LogP contribution is 2.32. The molecular weight excluding hydrogens is 433 g/mol. The number of nitrogens with one attached hydrogen (secondary N) is 1. The van der Waals surface area contributed by atoms with Crippen LogP contribution < -0.4 is 14.8 Å². The minimum absolute atomic E-state index is 0.0370. The predicted octanol–water partition coefficient (Wildman–Crippen LogP) is 4.17. The largest absolute Gasteiger partial charge is 0.496 e. The lowest BCUT2D eigenvalue weighted by Gasteiger charge is -2.13. The third-order valence-electron chi connectivity index (χ3n) is 5.00. The van der Waals surface area contributed by atoms with E-state index in [1.807, 2.05) is 50.5 Å². The van der Waals surface area contributed by atoms with Gasteiger partial charge in [0.15, 0.2) is 5.69 Å². The van der Waals surface area contributed by atoms with Crippen molar-refractivity contribution in [3.63, 3.8) is 0 Å². The van der Waals surface area contributed by atoms with Crippen LogP contribution in [0.15, 0.2) is 54.6 Å². The zero-order valence-corrected chi connectivity index (χ0v) is 19.0. The Bertz CT molecular complexity index is 1030. The summed E-state index contributed by atoms with van der Waals surface area (Å²) in [7, 11) is 5.56. The third-order valence-corrected chi connectivity index (χ3v) is 5.00. The zero-order chi connectivity index (χ0) is 23.8. The summed E-state index contributed by atoms with van der Waals surface area (Å²) in [6, 6.07) is 15.6. The SMILES string of the molecule is COc1ccccc1CCOc1cc(C(F)(F)F)nn1-c1cccc(CNCCN(C)C)c1. The van der Waals surface area contributed by atoms with Gasteiger partial charge in [-0.1, -0.05) is 30.3 Å². The maximum absolute atomic E-state index is 13.4. The van der Waals surface area contributed by atoms with E-state index in [9.17, 15) is 13.2 Å². The minimum Gasteiger partial charge on any atom is -0.496 e. The fourth-order valence-electron chi connectivity index (χ4n) is 3.30. The van der Waals surface area contributed by atoms with Crippen LogP contribution in [0.3, 0.4) is 0 Å². The summed E-state index contributed by atoms with van der Waals surface area (Å²) in [6.07, 6.45) is -4.09. The molecular formula is C24H29F3N4O2. The molecule has 0 bridgehead atoms. The first-order valence-corrected chi connectivity index (χ1v) is 10.6. The number of rotatable bonds is 11. The Balaban J connectivity index is 1.77. The molecule has 9 heteroatoms. The standard InChI is InChI=1S/C24H29F3N4O2/c1-30(2)13-12-28-17-18-7-6-9-20(15-18)31-23(16-22(29-31)24(25,26)27)33-14-11-19-8-4-5-10-21(19)32-3/h4-10,15-16,28H,11-14,17H2,1-3H3. The molecule has 0 fully saturated rings. The van der Waals surface area contributed by atoms with Crippen LogP contribution in [0, 0.1) is 0 Å². The Morgan fingerprint density at radius 3 is 2.58 bits per heavy atom. The molecule has 0 atom stereocenters. The number of hydrogen-bond acceptors (Lipinski definition) is 5. The van der Waals surface area contributed by atoms with Gasteiger partial charge in [0.05, 0.1) is 19.4 Å². The van der Waals surface area contributed by atoms with Crippen molar-refractivity contribution in [1.29, 1.82) is 0 Å². The van der Waals surface area contributed by atoms with Gasteiger partial charge in [0.25, 0.3) is 0 Å². The van der Waals surface area contributed by atoms with Crippen molar-refractivity contribution in [1.82, 2.24) is 20.0 Å². The maximum Gasteiger partial charge on any atom is 0.435 e. The van der Waals surface area contributed by atoms with Gasteiger partial charge in [-0.25, -0.2) is 4.68 Å². The van der Waals surface area contributed by atoms with Gasteiger partial charge in [0, 0.05) is 32.1 Å². The number of aromatic nitrogens is 2. The van der Waals surface area contributed by atoms with E-state index in [1.54, 1.807) is 19.2 Å². The van der Waals surface area contributed by atoms with Crippen molar-refractivity contribution in [2.24, 2.45) is 0 Å². The summed E-state index contributed by atoms with van der Waals surface area (Å²) >= 11 is 0. The Morgan fingerprint density at radius 1 is 1.06 bits per heavy atom. The number of methoxy groups -OCH3 is 1. The van der Waals surface area contributed by atoms with Gasteiger partial charge in [0.2, 0.25) is 5.88 Å². The summed E-state index contributed by atoms with van der Waals surface area (Å²) in [6.45, 7) is 2.46. The van der Waals surface area contributed by atoms with Crippen LogP contribution in [-0.4, -0.2) is 55.6 Å². The first-order valence-electron chi connectivity index (χ1n) is 10.6. The summed E-state index contributed by atoms with van der Waals surface area (Å²) in [5.41, 5.74) is 1.36. The summed E-state index contributed by atoms with van der Waals surface area (Å²) in [5.74, 6) is 0.745. The topological polar surface area (TPSA) is 51.6 Å². The molecule has 0 aliphatic carbocycles. The molecule has 33 heavy (non-hydrogen) atoms. The highest BCUT2D eigenvalue weighted by atomic mass is 19.4. The smallest absolute Gasteiger partial charge is 0.435 e. The van der Waals surface area contributed by atoms with Crippen molar-refractivity contribution in [2.75, 3.05) is 40.9 Å². The van der Waals surface area contributed by atoms with Crippen LogP contribution in [0.5, 0.6) is 11.6 Å². The molecule has 0 spiro atoms. The van der Waals surface area contributed by atoms with Crippen molar-refractivity contribution in [3.05, 3.63) is 71.4 Å². The van der Waals surface area contributed by atoms with Gasteiger partial charge in [-0.2, -0.15) is 18.3 Å². The molecule has 3 rings (SSSR count). The summed E-state index contributed by atoms with van der Waals surface area (Å²) in [4.78, 5) is 2.07. The molecule has 2 aromatic carbocycles. The average molecular weight is 463 g/mol. The highest BCUT2D eigenvalue weighted by Gasteiger charge is 2.35. The molecule has 1 heterocycles. The molecule has 0 unspecified atom stereocenters. The first-order chi connectivity index (χ1) is 15.8. The van der Waals surface area contributed by atoms with Crippen molar-refractivity contribution in [3.8, 4) is 17.3 Å². The van der Waals surface area contributed by atoms with Gasteiger partial charge in [0.1, 0.15) is 5.75 Å². The van der Waals surface area contributed by atoms with Gasteiger partial charge in [-0.15, -0.1) is 0 Å². The number of benzene rings is 2. The molecule has 1 N–H and O–H groups in total. The monoisotopic (exact) mass is 462 g/mol. The first kappa shape index (κ1) is 24.6. The number of alkyl halides is 3. The second-order valence-electron chi connectivity index (χ2n) is 7.84. The molecule has 0 saturated heterocycles. The molecule has 1 aromatic heterocycles. The lowest BCUT2D eigenvalue weighted by atomic mass is 10.1. The lowest BCUT2D eigenvalue weighted by molar-refractivity contribution is -0.141. The minimum atomic E-state index is -4.57. The Labute approximate surface area is 191 Å². The van der Waals surface area contributed by atoms with Crippen LogP contribution in [-0.2, 0) is 19.1 Å². The molecule has 0 radical (unpaired) electrons. The molecule has 0 aliphatic heterocycles. The Morgan fingerprint density at radius 2 is 1.85 bits per heavy atom. The number of para-hydroxylation sites is 1. The lowest BCUT2D eigenvalue weighted by Crippen LogP contribution is -2.26. The van der Waals surface area contributed by atoms with Crippen molar-refractivity contribution in [2.45, 2.75) is 19.1 Å². The molecule has 3 aromatic rings. The van der Waals surface area contributed by atoms with Crippen molar-refractivity contribution < 1.29 is 22.6 Å². The number of halogens is 3. The molecule has 0 amide bonds. The second-order valence-corrected chi connectivity index (χ2v) is 7.84. The normalized spacial score (nSPS) is 11.7. The van der Waals surface area contributed by atoms with E-state index in [0.29, 0.717) is 24.4 Å². The molecule has 0 saturated carbocycles. The van der Waals surface area contributed by atoms with Crippen LogP contribution in [0.1, 0.15) is 16.8 Å². The number of likely N-dealkylation sites (N-methyl/N-ethyl adjacent to an activating group) is 1. The molecule has 6 nitrogen and oxygen atoms in total. The van der Waals surface area contributed by atoms with E-state index in [1.165, 1.54) is 4.68 Å². The Kier molecular flexibility index (Phi) is 8.35. The van der Waals surface area contributed by atoms with Gasteiger partial charge in [-0.3, -0.25) is 0 Å². The zero-order valence-electron chi connectivity index (χ0n) is 19.0. The Hall–Kier alpha value is -3.04. The van der Waals surface area contributed by atoms with Gasteiger partial charge in [-0.05, 0) is 43.4 Å². The number of hydrogen-bond donors (Lipinski definition) is 1. The van der Waals surface area contributed by atoms with Gasteiger partial charge >= 0.3 is 6.18 Å².